The normalized spacial score (nSPS) is 11.8. The molecule has 1 unspecified atom stereocenters. The molecule has 1 rings (SSSR count). The lowest BCUT2D eigenvalue weighted by Gasteiger charge is -2.08. The molecule has 0 saturated heterocycles. The van der Waals surface area contributed by atoms with Crippen molar-refractivity contribution >= 4 is 24.0 Å². The summed E-state index contributed by atoms with van der Waals surface area (Å²) in [4.78, 5) is 21.9. The van der Waals surface area contributed by atoms with Crippen molar-refractivity contribution in [3.05, 3.63) is 35.9 Å². The van der Waals surface area contributed by atoms with Crippen LogP contribution in [-0.2, 0) is 15.3 Å². The number of hydrogen-bond acceptors (Lipinski definition) is 3. The van der Waals surface area contributed by atoms with Crippen molar-refractivity contribution in [2.45, 2.75) is 17.4 Å². The third-order valence-corrected chi connectivity index (χ3v) is 3.33. The molecular formula is C12H15NO2S. The van der Waals surface area contributed by atoms with Gasteiger partial charge in [0.25, 0.3) is 0 Å². The Morgan fingerprint density at radius 3 is 2.69 bits per heavy atom. The first kappa shape index (κ1) is 12.8. The summed E-state index contributed by atoms with van der Waals surface area (Å²) in [6, 6.07) is 9.90. The zero-order valence-corrected chi connectivity index (χ0v) is 10.00. The summed E-state index contributed by atoms with van der Waals surface area (Å²) in [6.07, 6.45) is 1.08. The topological polar surface area (TPSA) is 46.2 Å². The first-order valence-corrected chi connectivity index (χ1v) is 6.12. The van der Waals surface area contributed by atoms with E-state index < -0.39 is 0 Å². The highest BCUT2D eigenvalue weighted by atomic mass is 32.2. The lowest BCUT2D eigenvalue weighted by atomic mass is 10.2. The molecule has 3 nitrogen and oxygen atoms in total. The largest absolute Gasteiger partial charge is 0.359 e. The molecule has 1 aromatic rings. The zero-order valence-electron chi connectivity index (χ0n) is 9.18. The van der Waals surface area contributed by atoms with Crippen LogP contribution in [0, 0.1) is 0 Å². The van der Waals surface area contributed by atoms with Crippen molar-refractivity contribution in [3.63, 3.8) is 0 Å². The summed E-state index contributed by atoms with van der Waals surface area (Å²) in [5.74, 6) is 0.652. The van der Waals surface area contributed by atoms with Gasteiger partial charge in [0.1, 0.15) is 6.29 Å². The van der Waals surface area contributed by atoms with E-state index in [0.717, 1.165) is 17.6 Å². The van der Waals surface area contributed by atoms with E-state index in [1.165, 1.54) is 11.8 Å². The van der Waals surface area contributed by atoms with Crippen LogP contribution in [0.25, 0.3) is 0 Å². The van der Waals surface area contributed by atoms with Gasteiger partial charge in [0.2, 0.25) is 5.91 Å². The number of aldehydes is 1. The van der Waals surface area contributed by atoms with Crippen LogP contribution >= 0.6 is 11.8 Å². The SMILES string of the molecule is CNC(=O)CC(C=O)SCc1ccccc1. The Bertz CT molecular complexity index is 340. The Kier molecular flexibility index (Phi) is 5.64. The van der Waals surface area contributed by atoms with Gasteiger partial charge in [0.05, 0.1) is 5.25 Å². The van der Waals surface area contributed by atoms with Crippen LogP contribution in [0.1, 0.15) is 12.0 Å². The van der Waals surface area contributed by atoms with Gasteiger partial charge in [-0.25, -0.2) is 0 Å². The second-order valence-electron chi connectivity index (χ2n) is 3.35. The molecule has 16 heavy (non-hydrogen) atoms. The van der Waals surface area contributed by atoms with Gasteiger partial charge in [-0.3, -0.25) is 4.79 Å². The number of carbonyl (C=O) groups excluding carboxylic acids is 2. The average molecular weight is 237 g/mol. The molecule has 1 aromatic carbocycles. The van der Waals surface area contributed by atoms with E-state index in [0.29, 0.717) is 0 Å². The third kappa shape index (κ3) is 4.49. The predicted octanol–water partition coefficient (Wildman–Crippen LogP) is 1.62. The minimum absolute atomic E-state index is 0.0994. The minimum Gasteiger partial charge on any atom is -0.359 e. The first-order valence-electron chi connectivity index (χ1n) is 5.07. The van der Waals surface area contributed by atoms with E-state index >= 15 is 0 Å². The van der Waals surface area contributed by atoms with E-state index in [-0.39, 0.29) is 17.6 Å². The van der Waals surface area contributed by atoms with Crippen LogP contribution < -0.4 is 5.32 Å². The second kappa shape index (κ2) is 7.06. The molecule has 0 radical (unpaired) electrons. The molecule has 0 aliphatic rings. The summed E-state index contributed by atoms with van der Waals surface area (Å²) in [5, 5.41) is 2.25. The van der Waals surface area contributed by atoms with Crippen LogP contribution in [0.5, 0.6) is 0 Å². The van der Waals surface area contributed by atoms with E-state index in [9.17, 15) is 9.59 Å². The highest BCUT2D eigenvalue weighted by Gasteiger charge is 2.12. The lowest BCUT2D eigenvalue weighted by molar-refractivity contribution is -0.121. The molecule has 0 aromatic heterocycles. The minimum atomic E-state index is -0.264. The van der Waals surface area contributed by atoms with Gasteiger partial charge in [-0.2, -0.15) is 0 Å². The molecule has 0 saturated carbocycles. The summed E-state index contributed by atoms with van der Waals surface area (Å²) in [6.45, 7) is 0. The number of carbonyl (C=O) groups is 2. The lowest BCUT2D eigenvalue weighted by Crippen LogP contribution is -2.23. The molecule has 0 spiro atoms. The maximum Gasteiger partial charge on any atom is 0.221 e. The Balaban J connectivity index is 2.40. The van der Waals surface area contributed by atoms with Crippen molar-refractivity contribution in [1.82, 2.24) is 5.32 Å². The maximum atomic E-state index is 11.1. The summed E-state index contributed by atoms with van der Waals surface area (Å²) < 4.78 is 0. The fourth-order valence-electron chi connectivity index (χ4n) is 1.21. The van der Waals surface area contributed by atoms with Crippen molar-refractivity contribution in [1.29, 1.82) is 0 Å². The van der Waals surface area contributed by atoms with Gasteiger partial charge < -0.3 is 10.1 Å². The Hall–Kier alpha value is -1.29. The summed E-state index contributed by atoms with van der Waals surface area (Å²) in [5.41, 5.74) is 1.16. The quantitative estimate of drug-likeness (QED) is 0.765. The van der Waals surface area contributed by atoms with Crippen LogP contribution in [0.2, 0.25) is 0 Å². The summed E-state index contributed by atoms with van der Waals surface area (Å²) in [7, 11) is 1.58. The van der Waals surface area contributed by atoms with E-state index in [2.05, 4.69) is 5.32 Å². The van der Waals surface area contributed by atoms with Crippen LogP contribution in [0.4, 0.5) is 0 Å². The van der Waals surface area contributed by atoms with Gasteiger partial charge in [-0.15, -0.1) is 11.8 Å². The van der Waals surface area contributed by atoms with E-state index in [1.807, 2.05) is 30.3 Å². The Morgan fingerprint density at radius 2 is 2.12 bits per heavy atom. The number of amides is 1. The number of nitrogens with one attached hydrogen (secondary N) is 1. The number of rotatable bonds is 6. The highest BCUT2D eigenvalue weighted by molar-refractivity contribution is 7.99. The van der Waals surface area contributed by atoms with Crippen LogP contribution in [0.15, 0.2) is 30.3 Å². The molecule has 1 N–H and O–H groups in total. The van der Waals surface area contributed by atoms with Crippen molar-refractivity contribution in [2.24, 2.45) is 0 Å². The van der Waals surface area contributed by atoms with Crippen molar-refractivity contribution in [2.75, 3.05) is 7.05 Å². The smallest absolute Gasteiger partial charge is 0.221 e. The first-order chi connectivity index (χ1) is 7.76. The Labute approximate surface area is 99.6 Å². The molecule has 1 amide bonds. The molecule has 0 bridgehead atoms. The number of thioether (sulfide) groups is 1. The number of hydrogen-bond donors (Lipinski definition) is 1. The predicted molar refractivity (Wildman–Crippen MR) is 66.3 cm³/mol. The molecule has 0 fully saturated rings. The highest BCUT2D eigenvalue weighted by Crippen LogP contribution is 2.18. The molecule has 0 heterocycles. The van der Waals surface area contributed by atoms with Gasteiger partial charge in [-0.1, -0.05) is 30.3 Å². The molecule has 4 heteroatoms. The van der Waals surface area contributed by atoms with Crippen molar-refractivity contribution in [3.8, 4) is 0 Å². The molecular weight excluding hydrogens is 222 g/mol. The molecule has 0 aliphatic carbocycles. The summed E-state index contributed by atoms with van der Waals surface area (Å²) >= 11 is 1.49. The van der Waals surface area contributed by atoms with E-state index in [1.54, 1.807) is 7.05 Å². The van der Waals surface area contributed by atoms with E-state index in [4.69, 9.17) is 0 Å². The Morgan fingerprint density at radius 1 is 1.44 bits per heavy atom. The second-order valence-corrected chi connectivity index (χ2v) is 4.58. The monoisotopic (exact) mass is 237 g/mol. The number of benzene rings is 1. The third-order valence-electron chi connectivity index (χ3n) is 2.12. The molecule has 0 aliphatic heterocycles. The van der Waals surface area contributed by atoms with Crippen LogP contribution in [0.3, 0.4) is 0 Å². The van der Waals surface area contributed by atoms with Gasteiger partial charge in [-0.05, 0) is 5.56 Å². The van der Waals surface area contributed by atoms with Gasteiger partial charge in [0.15, 0.2) is 0 Å². The average Bonchev–Trinajstić information content (AvgIpc) is 2.35. The fourth-order valence-corrected chi connectivity index (χ4v) is 2.16. The van der Waals surface area contributed by atoms with Gasteiger partial charge in [0, 0.05) is 19.2 Å². The molecule has 86 valence electrons. The van der Waals surface area contributed by atoms with Gasteiger partial charge >= 0.3 is 0 Å². The molecule has 1 atom stereocenters. The zero-order chi connectivity index (χ0) is 11.8. The van der Waals surface area contributed by atoms with Crippen molar-refractivity contribution < 1.29 is 9.59 Å². The van der Waals surface area contributed by atoms with Crippen LogP contribution in [-0.4, -0.2) is 24.5 Å². The maximum absolute atomic E-state index is 11.1. The fraction of sp³-hybridized carbons (Fsp3) is 0.333. The standard InChI is InChI=1S/C12H15NO2S/c1-13-12(15)7-11(8-14)16-9-10-5-3-2-4-6-10/h2-6,8,11H,7,9H2,1H3,(H,13,15).